The second-order valence-electron chi connectivity index (χ2n) is 4.44. The zero-order valence-electron chi connectivity index (χ0n) is 10.3. The first kappa shape index (κ1) is 12.1. The van der Waals surface area contributed by atoms with E-state index < -0.39 is 0 Å². The number of aryl methyl sites for hydroxylation is 1. The third-order valence-corrected chi connectivity index (χ3v) is 3.21. The molecule has 2 rings (SSSR count). The zero-order valence-corrected chi connectivity index (χ0v) is 10.3. The fourth-order valence-electron chi connectivity index (χ4n) is 1.89. The highest BCUT2D eigenvalue weighted by Crippen LogP contribution is 2.29. The van der Waals surface area contributed by atoms with Crippen molar-refractivity contribution >= 4 is 5.82 Å². The standard InChI is InChI=1S/C12H20N4O/c1-2-10-14-11(16-13)8-12(15-10)17-7-6-9-4-3-5-9/h8-9H,2-7,13H2,1H3,(H,14,15,16). The number of hydrogen-bond acceptors (Lipinski definition) is 5. The van der Waals surface area contributed by atoms with Crippen molar-refractivity contribution in [3.63, 3.8) is 0 Å². The van der Waals surface area contributed by atoms with Gasteiger partial charge in [0, 0.05) is 12.5 Å². The van der Waals surface area contributed by atoms with Gasteiger partial charge in [-0.3, -0.25) is 0 Å². The highest BCUT2D eigenvalue weighted by molar-refractivity contribution is 5.36. The number of nitrogen functional groups attached to an aromatic ring is 1. The Kier molecular flexibility index (Phi) is 4.14. The molecule has 1 aromatic rings. The van der Waals surface area contributed by atoms with E-state index in [2.05, 4.69) is 15.4 Å². The van der Waals surface area contributed by atoms with Crippen molar-refractivity contribution in [1.29, 1.82) is 0 Å². The monoisotopic (exact) mass is 236 g/mol. The van der Waals surface area contributed by atoms with E-state index in [1.165, 1.54) is 19.3 Å². The molecule has 3 N–H and O–H groups in total. The first-order chi connectivity index (χ1) is 8.31. The van der Waals surface area contributed by atoms with E-state index in [0.29, 0.717) is 11.7 Å². The van der Waals surface area contributed by atoms with Crippen LogP contribution in [0.25, 0.3) is 0 Å². The molecule has 0 spiro atoms. The van der Waals surface area contributed by atoms with Gasteiger partial charge in [-0.25, -0.2) is 10.8 Å². The summed E-state index contributed by atoms with van der Waals surface area (Å²) in [5.74, 6) is 8.18. The summed E-state index contributed by atoms with van der Waals surface area (Å²) >= 11 is 0. The lowest BCUT2D eigenvalue weighted by Gasteiger charge is -2.24. The molecule has 0 radical (unpaired) electrons. The largest absolute Gasteiger partial charge is 0.478 e. The second-order valence-corrected chi connectivity index (χ2v) is 4.44. The molecule has 0 saturated heterocycles. The van der Waals surface area contributed by atoms with Gasteiger partial charge in [-0.15, -0.1) is 0 Å². The highest BCUT2D eigenvalue weighted by Gasteiger charge is 2.17. The summed E-state index contributed by atoms with van der Waals surface area (Å²) in [4.78, 5) is 8.53. The smallest absolute Gasteiger partial charge is 0.218 e. The van der Waals surface area contributed by atoms with Crippen molar-refractivity contribution in [1.82, 2.24) is 9.97 Å². The molecule has 5 nitrogen and oxygen atoms in total. The molecular formula is C12H20N4O. The van der Waals surface area contributed by atoms with Gasteiger partial charge in [0.05, 0.1) is 6.61 Å². The molecule has 94 valence electrons. The number of hydrazine groups is 1. The molecule has 0 aromatic carbocycles. The molecule has 0 atom stereocenters. The van der Waals surface area contributed by atoms with Crippen molar-refractivity contribution in [2.24, 2.45) is 11.8 Å². The predicted molar refractivity (Wildman–Crippen MR) is 66.7 cm³/mol. The van der Waals surface area contributed by atoms with Crippen LogP contribution in [-0.2, 0) is 6.42 Å². The average molecular weight is 236 g/mol. The third-order valence-electron chi connectivity index (χ3n) is 3.21. The van der Waals surface area contributed by atoms with E-state index in [0.717, 1.165) is 31.2 Å². The molecule has 0 aliphatic heterocycles. The van der Waals surface area contributed by atoms with Crippen LogP contribution in [0.4, 0.5) is 5.82 Å². The first-order valence-corrected chi connectivity index (χ1v) is 6.29. The van der Waals surface area contributed by atoms with E-state index in [1.54, 1.807) is 6.07 Å². The van der Waals surface area contributed by atoms with E-state index in [-0.39, 0.29) is 0 Å². The van der Waals surface area contributed by atoms with Gasteiger partial charge in [-0.05, 0) is 12.3 Å². The van der Waals surface area contributed by atoms with Gasteiger partial charge in [-0.2, -0.15) is 4.98 Å². The number of anilines is 1. The molecule has 1 aliphatic rings. The lowest BCUT2D eigenvalue weighted by atomic mass is 9.83. The van der Waals surface area contributed by atoms with Gasteiger partial charge >= 0.3 is 0 Å². The maximum atomic E-state index is 5.65. The predicted octanol–water partition coefficient (Wildman–Crippen LogP) is 1.89. The Balaban J connectivity index is 1.89. The average Bonchev–Trinajstić information content (AvgIpc) is 2.31. The van der Waals surface area contributed by atoms with E-state index in [4.69, 9.17) is 10.6 Å². The number of nitrogens with two attached hydrogens (primary N) is 1. The Labute approximate surface area is 102 Å². The number of nitrogens with one attached hydrogen (secondary N) is 1. The molecule has 0 bridgehead atoms. The van der Waals surface area contributed by atoms with Crippen molar-refractivity contribution in [3.05, 3.63) is 11.9 Å². The molecule has 5 heteroatoms. The van der Waals surface area contributed by atoms with Gasteiger partial charge in [0.2, 0.25) is 5.88 Å². The third kappa shape index (κ3) is 3.30. The maximum Gasteiger partial charge on any atom is 0.218 e. The lowest BCUT2D eigenvalue weighted by molar-refractivity contribution is 0.217. The van der Waals surface area contributed by atoms with Crippen LogP contribution in [0.1, 0.15) is 38.4 Å². The van der Waals surface area contributed by atoms with E-state index in [1.807, 2.05) is 6.92 Å². The molecule has 0 unspecified atom stereocenters. The first-order valence-electron chi connectivity index (χ1n) is 6.29. The van der Waals surface area contributed by atoms with Crippen LogP contribution in [0, 0.1) is 5.92 Å². The van der Waals surface area contributed by atoms with Crippen LogP contribution in [0.15, 0.2) is 6.07 Å². The highest BCUT2D eigenvalue weighted by atomic mass is 16.5. The number of ether oxygens (including phenoxy) is 1. The van der Waals surface area contributed by atoms with Crippen LogP contribution in [-0.4, -0.2) is 16.6 Å². The van der Waals surface area contributed by atoms with E-state index in [9.17, 15) is 0 Å². The van der Waals surface area contributed by atoms with Gasteiger partial charge in [-0.1, -0.05) is 26.2 Å². The number of aromatic nitrogens is 2. The molecule has 1 fully saturated rings. The summed E-state index contributed by atoms with van der Waals surface area (Å²) < 4.78 is 5.65. The molecule has 17 heavy (non-hydrogen) atoms. The van der Waals surface area contributed by atoms with Crippen LogP contribution in [0.3, 0.4) is 0 Å². The van der Waals surface area contributed by atoms with Crippen LogP contribution in [0.5, 0.6) is 5.88 Å². The minimum absolute atomic E-state index is 0.607. The van der Waals surface area contributed by atoms with Crippen molar-refractivity contribution in [3.8, 4) is 5.88 Å². The SMILES string of the molecule is CCc1nc(NN)cc(OCCC2CCC2)n1. The topological polar surface area (TPSA) is 73.1 Å². The fraction of sp³-hybridized carbons (Fsp3) is 0.667. The van der Waals surface area contributed by atoms with Gasteiger partial charge in [0.1, 0.15) is 11.6 Å². The van der Waals surface area contributed by atoms with Crippen molar-refractivity contribution < 1.29 is 4.74 Å². The normalized spacial score (nSPS) is 15.4. The summed E-state index contributed by atoms with van der Waals surface area (Å²) in [5, 5.41) is 0. The molecule has 1 saturated carbocycles. The fourth-order valence-corrected chi connectivity index (χ4v) is 1.89. The quantitative estimate of drug-likeness (QED) is 0.583. The lowest BCUT2D eigenvalue weighted by Crippen LogP contribution is -2.15. The summed E-state index contributed by atoms with van der Waals surface area (Å²) in [6.07, 6.45) is 5.97. The number of hydrogen-bond donors (Lipinski definition) is 2. The Bertz CT molecular complexity index is 343. The number of nitrogens with zero attached hydrogens (tertiary/aromatic N) is 2. The second kappa shape index (κ2) is 5.82. The van der Waals surface area contributed by atoms with Crippen LogP contribution >= 0.6 is 0 Å². The molecular weight excluding hydrogens is 216 g/mol. The Hall–Kier alpha value is -1.36. The molecule has 1 aromatic heterocycles. The van der Waals surface area contributed by atoms with Crippen LogP contribution in [0.2, 0.25) is 0 Å². The Morgan fingerprint density at radius 3 is 2.88 bits per heavy atom. The Morgan fingerprint density at radius 1 is 1.47 bits per heavy atom. The van der Waals surface area contributed by atoms with Gasteiger partial charge in [0.15, 0.2) is 0 Å². The minimum atomic E-state index is 0.607. The van der Waals surface area contributed by atoms with Gasteiger partial charge in [0.25, 0.3) is 0 Å². The summed E-state index contributed by atoms with van der Waals surface area (Å²) in [6, 6.07) is 1.74. The molecule has 1 heterocycles. The van der Waals surface area contributed by atoms with E-state index >= 15 is 0 Å². The summed E-state index contributed by atoms with van der Waals surface area (Å²) in [7, 11) is 0. The van der Waals surface area contributed by atoms with Crippen molar-refractivity contribution in [2.45, 2.75) is 39.0 Å². The minimum Gasteiger partial charge on any atom is -0.478 e. The summed E-state index contributed by atoms with van der Waals surface area (Å²) in [5.41, 5.74) is 2.53. The van der Waals surface area contributed by atoms with Crippen molar-refractivity contribution in [2.75, 3.05) is 12.0 Å². The maximum absolute atomic E-state index is 5.65. The molecule has 0 amide bonds. The number of rotatable bonds is 6. The Morgan fingerprint density at radius 2 is 2.29 bits per heavy atom. The zero-order chi connectivity index (χ0) is 12.1. The summed E-state index contributed by atoms with van der Waals surface area (Å²) in [6.45, 7) is 2.74. The molecule has 1 aliphatic carbocycles. The van der Waals surface area contributed by atoms with Gasteiger partial charge < -0.3 is 10.2 Å². The van der Waals surface area contributed by atoms with Crippen LogP contribution < -0.4 is 16.0 Å².